The van der Waals surface area contributed by atoms with Crippen molar-refractivity contribution in [1.82, 2.24) is 15.2 Å². The van der Waals surface area contributed by atoms with Crippen molar-refractivity contribution in [3.8, 4) is 0 Å². The molecule has 152 valence electrons. The predicted octanol–water partition coefficient (Wildman–Crippen LogP) is 0.422. The van der Waals surface area contributed by atoms with Crippen LogP contribution in [-0.4, -0.2) is 38.8 Å². The molecule has 0 saturated carbocycles. The van der Waals surface area contributed by atoms with E-state index in [0.29, 0.717) is 11.3 Å². The number of hydrogen-bond acceptors (Lipinski definition) is 8. The Morgan fingerprint density at radius 1 is 1.20 bits per heavy atom. The van der Waals surface area contributed by atoms with Gasteiger partial charge in [0.15, 0.2) is 17.6 Å². The fourth-order valence-electron chi connectivity index (χ4n) is 3.17. The van der Waals surface area contributed by atoms with Crippen LogP contribution in [-0.2, 0) is 16.2 Å². The number of benzene rings is 1. The van der Waals surface area contributed by atoms with Gasteiger partial charge in [-0.2, -0.15) is 0 Å². The molecule has 2 atom stereocenters. The highest BCUT2D eigenvalue weighted by molar-refractivity contribution is 6.05. The monoisotopic (exact) mass is 409 g/mol. The molecular formula is C19H16FN7O3. The maximum Gasteiger partial charge on any atom is 0.273 e. The number of nitrogens with zero attached hydrogens (tertiary/aromatic N) is 4. The summed E-state index contributed by atoms with van der Waals surface area (Å²) in [5.41, 5.74) is 11.8. The lowest BCUT2D eigenvalue weighted by atomic mass is 9.87. The van der Waals surface area contributed by atoms with Gasteiger partial charge in [0.05, 0.1) is 11.5 Å². The van der Waals surface area contributed by atoms with Crippen molar-refractivity contribution in [3.05, 3.63) is 71.0 Å². The minimum Gasteiger partial charge on any atom is -0.386 e. The molecule has 2 aliphatic rings. The molecular weight excluding hydrogens is 393 g/mol. The molecule has 2 heterocycles. The van der Waals surface area contributed by atoms with E-state index in [4.69, 9.17) is 16.3 Å². The number of halogens is 1. The number of carbonyl (C=O) groups excluding carboxylic acids is 2. The van der Waals surface area contributed by atoms with Crippen LogP contribution in [0.5, 0.6) is 0 Å². The number of aromatic nitrogens is 3. The molecule has 10 nitrogen and oxygen atoms in total. The van der Waals surface area contributed by atoms with Crippen LogP contribution in [0.15, 0.2) is 53.2 Å². The smallest absolute Gasteiger partial charge is 0.273 e. The summed E-state index contributed by atoms with van der Waals surface area (Å²) in [6.45, 7) is 0.166. The molecule has 11 heteroatoms. The molecule has 1 aliphatic heterocycles. The number of nitrogens with one attached hydrogen (secondary N) is 1. The molecule has 5 N–H and O–H groups in total. The first-order valence-corrected chi connectivity index (χ1v) is 8.89. The second-order valence-electron chi connectivity index (χ2n) is 6.58. The standard InChI is InChI=1S/C19H16FN7O3/c20-10-4-1-3-9(7-10)8-23-18-14(17(22)29)25-26-19(24-18)13-11-5-2-6-12(16(21)28)15(11)30-27-13/h1-7,11,15H,8H2,(H2,21,28)(H2,22,29)(H,23,24,26). The first-order valence-electron chi connectivity index (χ1n) is 8.89. The molecule has 1 aromatic carbocycles. The molecule has 0 bridgehead atoms. The van der Waals surface area contributed by atoms with Crippen LogP contribution in [0, 0.1) is 11.7 Å². The molecule has 0 spiro atoms. The quantitative estimate of drug-likeness (QED) is 0.623. The van der Waals surface area contributed by atoms with Crippen molar-refractivity contribution < 1.29 is 18.8 Å². The van der Waals surface area contributed by atoms with E-state index < -0.39 is 29.7 Å². The zero-order chi connectivity index (χ0) is 21.3. The molecule has 4 rings (SSSR count). The van der Waals surface area contributed by atoms with Gasteiger partial charge in [-0.15, -0.1) is 10.2 Å². The molecule has 1 aromatic heterocycles. The van der Waals surface area contributed by atoms with E-state index in [-0.39, 0.29) is 29.5 Å². The van der Waals surface area contributed by atoms with Crippen molar-refractivity contribution >= 4 is 23.3 Å². The Balaban J connectivity index is 1.62. The van der Waals surface area contributed by atoms with E-state index in [9.17, 15) is 14.0 Å². The number of hydrogen-bond donors (Lipinski definition) is 3. The topological polar surface area (TPSA) is 158 Å². The first kappa shape index (κ1) is 19.2. The Bertz CT molecular complexity index is 1130. The van der Waals surface area contributed by atoms with Crippen LogP contribution in [0.2, 0.25) is 0 Å². The highest BCUT2D eigenvalue weighted by Crippen LogP contribution is 2.31. The van der Waals surface area contributed by atoms with Crippen LogP contribution in [0.3, 0.4) is 0 Å². The predicted molar refractivity (Wildman–Crippen MR) is 103 cm³/mol. The third-order valence-electron chi connectivity index (χ3n) is 4.59. The van der Waals surface area contributed by atoms with Gasteiger partial charge in [-0.05, 0) is 23.8 Å². The lowest BCUT2D eigenvalue weighted by Crippen LogP contribution is -2.33. The summed E-state index contributed by atoms with van der Waals surface area (Å²) in [6.07, 6.45) is 4.31. The molecule has 2 unspecified atom stereocenters. The normalized spacial score (nSPS) is 19.4. The average molecular weight is 409 g/mol. The SMILES string of the molecule is NC(=O)C1=CC=CC2C(c3nnc(C(N)=O)c(NCc4cccc(F)c4)n3)=NOC12. The fourth-order valence-corrected chi connectivity index (χ4v) is 3.17. The molecule has 0 radical (unpaired) electrons. The number of primary amides is 2. The molecule has 2 amide bonds. The van der Waals surface area contributed by atoms with Crippen molar-refractivity contribution in [2.75, 3.05) is 5.32 Å². The van der Waals surface area contributed by atoms with Gasteiger partial charge in [-0.1, -0.05) is 29.4 Å². The second kappa shape index (κ2) is 7.70. The number of oxime groups is 1. The van der Waals surface area contributed by atoms with Gasteiger partial charge in [0.25, 0.3) is 5.91 Å². The summed E-state index contributed by atoms with van der Waals surface area (Å²) >= 11 is 0. The number of fused-ring (bicyclic) bond motifs is 1. The Morgan fingerprint density at radius 2 is 2.03 bits per heavy atom. The van der Waals surface area contributed by atoms with Crippen molar-refractivity contribution in [3.63, 3.8) is 0 Å². The van der Waals surface area contributed by atoms with Gasteiger partial charge in [-0.3, -0.25) is 9.59 Å². The Morgan fingerprint density at radius 3 is 2.77 bits per heavy atom. The average Bonchev–Trinajstić information content (AvgIpc) is 3.16. The van der Waals surface area contributed by atoms with E-state index in [0.717, 1.165) is 0 Å². The molecule has 0 fully saturated rings. The third-order valence-corrected chi connectivity index (χ3v) is 4.59. The summed E-state index contributed by atoms with van der Waals surface area (Å²) < 4.78 is 13.4. The maximum atomic E-state index is 13.4. The van der Waals surface area contributed by atoms with Gasteiger partial charge in [0.1, 0.15) is 11.5 Å². The highest BCUT2D eigenvalue weighted by Gasteiger charge is 2.40. The highest BCUT2D eigenvalue weighted by atomic mass is 19.1. The summed E-state index contributed by atoms with van der Waals surface area (Å²) in [6, 6.07) is 5.94. The summed E-state index contributed by atoms with van der Waals surface area (Å²) in [7, 11) is 0. The first-order chi connectivity index (χ1) is 14.4. The zero-order valence-corrected chi connectivity index (χ0v) is 15.4. The number of rotatable bonds is 6. The molecule has 30 heavy (non-hydrogen) atoms. The number of amides is 2. The van der Waals surface area contributed by atoms with Crippen molar-refractivity contribution in [1.29, 1.82) is 0 Å². The van der Waals surface area contributed by atoms with Crippen LogP contribution in [0.25, 0.3) is 0 Å². The van der Waals surface area contributed by atoms with Crippen LogP contribution < -0.4 is 16.8 Å². The maximum absolute atomic E-state index is 13.4. The largest absolute Gasteiger partial charge is 0.386 e. The van der Waals surface area contributed by atoms with Gasteiger partial charge >= 0.3 is 0 Å². The van der Waals surface area contributed by atoms with E-state index in [2.05, 4.69) is 25.7 Å². The van der Waals surface area contributed by atoms with Crippen molar-refractivity contribution in [2.45, 2.75) is 12.6 Å². The summed E-state index contributed by atoms with van der Waals surface area (Å²) in [5.74, 6) is -2.14. The Hall–Kier alpha value is -4.15. The summed E-state index contributed by atoms with van der Waals surface area (Å²) in [5, 5.41) is 14.7. The van der Waals surface area contributed by atoms with Gasteiger partial charge < -0.3 is 21.6 Å². The summed E-state index contributed by atoms with van der Waals surface area (Å²) in [4.78, 5) is 33.0. The molecule has 1 aliphatic carbocycles. The molecule has 0 saturated heterocycles. The van der Waals surface area contributed by atoms with E-state index in [1.54, 1.807) is 30.4 Å². The Kier molecular flexibility index (Phi) is 4.92. The number of carbonyl (C=O) groups is 2. The lowest BCUT2D eigenvalue weighted by Gasteiger charge is -2.19. The van der Waals surface area contributed by atoms with Crippen LogP contribution in [0.4, 0.5) is 10.2 Å². The number of allylic oxidation sites excluding steroid dienone is 2. The van der Waals surface area contributed by atoms with E-state index in [1.807, 2.05) is 0 Å². The third kappa shape index (κ3) is 3.60. The minimum atomic E-state index is -0.831. The van der Waals surface area contributed by atoms with E-state index in [1.165, 1.54) is 12.1 Å². The van der Waals surface area contributed by atoms with Crippen molar-refractivity contribution in [2.24, 2.45) is 22.5 Å². The fraction of sp³-hybridized carbons (Fsp3) is 0.158. The lowest BCUT2D eigenvalue weighted by molar-refractivity contribution is -0.116. The van der Waals surface area contributed by atoms with Gasteiger partial charge in [0.2, 0.25) is 11.7 Å². The number of anilines is 1. The second-order valence-corrected chi connectivity index (χ2v) is 6.58. The van der Waals surface area contributed by atoms with E-state index >= 15 is 0 Å². The zero-order valence-electron chi connectivity index (χ0n) is 15.4. The number of nitrogens with two attached hydrogens (primary N) is 2. The van der Waals surface area contributed by atoms with Gasteiger partial charge in [-0.25, -0.2) is 9.37 Å². The van der Waals surface area contributed by atoms with Crippen LogP contribution in [0.1, 0.15) is 21.9 Å². The van der Waals surface area contributed by atoms with Crippen LogP contribution >= 0.6 is 0 Å². The Labute approximate surface area is 169 Å². The van der Waals surface area contributed by atoms with Gasteiger partial charge in [0, 0.05) is 6.54 Å². The minimum absolute atomic E-state index is 0.0633. The molecule has 2 aromatic rings.